The van der Waals surface area contributed by atoms with Crippen molar-refractivity contribution < 1.29 is 23.9 Å². The molecule has 1 aliphatic carbocycles. The largest absolute Gasteiger partial charge is 0.465 e. The maximum atomic E-state index is 13.7. The minimum Gasteiger partial charge on any atom is -0.465 e. The van der Waals surface area contributed by atoms with Crippen molar-refractivity contribution in [3.8, 4) is 0 Å². The van der Waals surface area contributed by atoms with E-state index in [1.807, 2.05) is 49.4 Å². The van der Waals surface area contributed by atoms with Crippen LogP contribution >= 0.6 is 0 Å². The number of hydrogen-bond donors (Lipinski definition) is 1. The maximum absolute atomic E-state index is 13.7. The van der Waals surface area contributed by atoms with Gasteiger partial charge in [-0.15, -0.1) is 0 Å². The van der Waals surface area contributed by atoms with Crippen LogP contribution in [0.3, 0.4) is 0 Å². The highest BCUT2D eigenvalue weighted by Gasteiger charge is 2.35. The van der Waals surface area contributed by atoms with Gasteiger partial charge < -0.3 is 9.47 Å². The Morgan fingerprint density at radius 3 is 2.69 bits per heavy atom. The first-order chi connectivity index (χ1) is 17.0. The molecule has 2 aliphatic rings. The van der Waals surface area contributed by atoms with Crippen LogP contribution in [0, 0.1) is 0 Å². The molecule has 7 nitrogen and oxygen atoms in total. The summed E-state index contributed by atoms with van der Waals surface area (Å²) in [5.74, 6) is -0.978. The zero-order chi connectivity index (χ0) is 25.0. The fourth-order valence-electron chi connectivity index (χ4n) is 4.52. The van der Waals surface area contributed by atoms with Crippen LogP contribution in [0.5, 0.6) is 0 Å². The van der Waals surface area contributed by atoms with Gasteiger partial charge in [0.15, 0.2) is 0 Å². The Balaban J connectivity index is 1.77. The average molecular weight is 483 g/mol. The second-order valence-corrected chi connectivity index (χ2v) is 9.02. The third kappa shape index (κ3) is 7.79. The van der Waals surface area contributed by atoms with Gasteiger partial charge in [0.2, 0.25) is 5.91 Å². The quantitative estimate of drug-likeness (QED) is 0.357. The number of unbranched alkanes of at least 4 members (excludes halogenated alkanes) is 1. The zero-order valence-electron chi connectivity index (χ0n) is 21.0. The van der Waals surface area contributed by atoms with Crippen molar-refractivity contribution in [2.45, 2.75) is 77.3 Å². The van der Waals surface area contributed by atoms with Crippen molar-refractivity contribution in [3.05, 3.63) is 59.3 Å². The van der Waals surface area contributed by atoms with Crippen molar-refractivity contribution in [3.63, 3.8) is 0 Å². The second-order valence-electron chi connectivity index (χ2n) is 9.02. The standard InChI is InChI=1S/C28H38N2O5/c1-3-5-19-35-28(33)24(17-15-21-11-7-6-8-12-21)29-23-18-16-22-13-9-10-14-25(22)30(27(23)32)20-26(31)34-4-2/h6-8,10-12,14,23-24,29H,3-5,9,13,15-20H2,1-2H3/t23-,24?/m0/s1. The number of hydrogen-bond acceptors (Lipinski definition) is 6. The van der Waals surface area contributed by atoms with Crippen LogP contribution in [0.2, 0.25) is 0 Å². The third-order valence-electron chi connectivity index (χ3n) is 6.43. The summed E-state index contributed by atoms with van der Waals surface area (Å²) >= 11 is 0. The summed E-state index contributed by atoms with van der Waals surface area (Å²) in [4.78, 5) is 40.5. The highest BCUT2D eigenvalue weighted by Crippen LogP contribution is 2.30. The molecule has 190 valence electrons. The van der Waals surface area contributed by atoms with Crippen molar-refractivity contribution in [1.29, 1.82) is 0 Å². The van der Waals surface area contributed by atoms with Crippen LogP contribution in [0.15, 0.2) is 53.8 Å². The van der Waals surface area contributed by atoms with Gasteiger partial charge in [0.25, 0.3) is 0 Å². The molecule has 0 radical (unpaired) electrons. The minimum atomic E-state index is -0.615. The number of rotatable bonds is 12. The molecule has 0 saturated carbocycles. The number of carbonyl (C=O) groups is 3. The fourth-order valence-corrected chi connectivity index (χ4v) is 4.52. The summed E-state index contributed by atoms with van der Waals surface area (Å²) in [6.07, 6.45) is 9.99. The lowest BCUT2D eigenvalue weighted by molar-refractivity contribution is -0.150. The van der Waals surface area contributed by atoms with Crippen LogP contribution in [0.1, 0.15) is 64.4 Å². The van der Waals surface area contributed by atoms with E-state index < -0.39 is 18.1 Å². The smallest absolute Gasteiger partial charge is 0.326 e. The predicted molar refractivity (Wildman–Crippen MR) is 134 cm³/mol. The molecule has 7 heteroatoms. The van der Waals surface area contributed by atoms with E-state index >= 15 is 0 Å². The van der Waals surface area contributed by atoms with E-state index in [0.29, 0.717) is 25.9 Å². The highest BCUT2D eigenvalue weighted by molar-refractivity contribution is 5.89. The third-order valence-corrected chi connectivity index (χ3v) is 6.43. The highest BCUT2D eigenvalue weighted by atomic mass is 16.5. The first-order valence-electron chi connectivity index (χ1n) is 12.9. The summed E-state index contributed by atoms with van der Waals surface area (Å²) in [6, 6.07) is 8.76. The second kappa shape index (κ2) is 13.8. The predicted octanol–water partition coefficient (Wildman–Crippen LogP) is 4.08. The van der Waals surface area contributed by atoms with E-state index in [4.69, 9.17) is 9.47 Å². The number of allylic oxidation sites excluding steroid dienone is 3. The van der Waals surface area contributed by atoms with E-state index in [1.54, 1.807) is 6.92 Å². The summed E-state index contributed by atoms with van der Waals surface area (Å²) in [7, 11) is 0. The van der Waals surface area contributed by atoms with Crippen LogP contribution in [-0.2, 0) is 30.3 Å². The molecule has 0 bridgehead atoms. The molecule has 1 unspecified atom stereocenters. The Morgan fingerprint density at radius 2 is 1.94 bits per heavy atom. The average Bonchev–Trinajstić information content (AvgIpc) is 2.99. The first kappa shape index (κ1) is 26.7. The number of ether oxygens (including phenoxy) is 2. The number of carbonyl (C=O) groups excluding carboxylic acids is 3. The van der Waals surface area contributed by atoms with E-state index in [9.17, 15) is 14.4 Å². The monoisotopic (exact) mass is 482 g/mol. The number of benzene rings is 1. The van der Waals surface area contributed by atoms with Crippen LogP contribution in [-0.4, -0.2) is 54.6 Å². The Morgan fingerprint density at radius 1 is 1.14 bits per heavy atom. The van der Waals surface area contributed by atoms with Gasteiger partial charge in [-0.2, -0.15) is 0 Å². The number of esters is 2. The molecular formula is C28H38N2O5. The molecule has 0 saturated heterocycles. The number of nitrogens with zero attached hydrogens (tertiary/aromatic N) is 1. The normalized spacial score (nSPS) is 18.6. The maximum Gasteiger partial charge on any atom is 0.326 e. The lowest BCUT2D eigenvalue weighted by Crippen LogP contribution is -2.52. The van der Waals surface area contributed by atoms with Crippen LogP contribution in [0.4, 0.5) is 0 Å². The molecule has 0 spiro atoms. The van der Waals surface area contributed by atoms with Gasteiger partial charge in [0.1, 0.15) is 12.6 Å². The molecular weight excluding hydrogens is 444 g/mol. The molecule has 0 aromatic heterocycles. The fraction of sp³-hybridized carbons (Fsp3) is 0.536. The van der Waals surface area contributed by atoms with Gasteiger partial charge >= 0.3 is 11.9 Å². The first-order valence-corrected chi connectivity index (χ1v) is 12.9. The van der Waals surface area contributed by atoms with Crippen molar-refractivity contribution >= 4 is 17.8 Å². The molecule has 1 heterocycles. The van der Waals surface area contributed by atoms with Gasteiger partial charge in [-0.1, -0.05) is 49.8 Å². The van der Waals surface area contributed by atoms with E-state index in [-0.39, 0.29) is 25.0 Å². The Bertz CT molecular complexity index is 925. The van der Waals surface area contributed by atoms with Gasteiger partial charge in [0, 0.05) is 5.70 Å². The zero-order valence-corrected chi connectivity index (χ0v) is 21.0. The summed E-state index contributed by atoms with van der Waals surface area (Å²) in [6.45, 7) is 4.29. The lowest BCUT2D eigenvalue weighted by atomic mass is 9.97. The van der Waals surface area contributed by atoms with Gasteiger partial charge in [-0.05, 0) is 69.1 Å². The Kier molecular flexibility index (Phi) is 10.5. The number of aryl methyl sites for hydroxylation is 1. The summed E-state index contributed by atoms with van der Waals surface area (Å²) in [5, 5.41) is 3.32. The van der Waals surface area contributed by atoms with Gasteiger partial charge in [0.05, 0.1) is 19.3 Å². The SMILES string of the molecule is CCCCOC(=O)C(CCc1ccccc1)N[C@H]1CCC2=C(C=CCC2)N(CC(=O)OCC)C1=O. The number of nitrogens with one attached hydrogen (secondary N) is 1. The molecule has 1 aromatic carbocycles. The van der Waals surface area contributed by atoms with Crippen LogP contribution < -0.4 is 5.32 Å². The minimum absolute atomic E-state index is 0.135. The molecule has 35 heavy (non-hydrogen) atoms. The molecule has 1 aromatic rings. The van der Waals surface area contributed by atoms with Crippen molar-refractivity contribution in [2.24, 2.45) is 0 Å². The van der Waals surface area contributed by atoms with E-state index in [1.165, 1.54) is 10.5 Å². The summed E-state index contributed by atoms with van der Waals surface area (Å²) in [5.41, 5.74) is 3.09. The van der Waals surface area contributed by atoms with Crippen molar-refractivity contribution in [1.82, 2.24) is 10.2 Å². The molecule has 2 atom stereocenters. The van der Waals surface area contributed by atoms with Gasteiger partial charge in [-0.3, -0.25) is 24.6 Å². The van der Waals surface area contributed by atoms with E-state index in [2.05, 4.69) is 5.32 Å². The topological polar surface area (TPSA) is 84.9 Å². The van der Waals surface area contributed by atoms with Gasteiger partial charge in [-0.25, -0.2) is 0 Å². The summed E-state index contributed by atoms with van der Waals surface area (Å²) < 4.78 is 10.7. The molecule has 3 rings (SSSR count). The Labute approximate surface area is 208 Å². The van der Waals surface area contributed by atoms with Crippen molar-refractivity contribution in [2.75, 3.05) is 19.8 Å². The Hall–Kier alpha value is -2.93. The molecule has 1 N–H and O–H groups in total. The molecule has 1 aliphatic heterocycles. The van der Waals surface area contributed by atoms with E-state index in [0.717, 1.165) is 43.4 Å². The number of amides is 1. The molecule has 1 amide bonds. The van der Waals surface area contributed by atoms with Crippen LogP contribution in [0.25, 0.3) is 0 Å². The lowest BCUT2D eigenvalue weighted by Gasteiger charge is -2.29. The molecule has 0 fully saturated rings.